The smallest absolute Gasteiger partial charge is 0.338 e. The topological polar surface area (TPSA) is 90.9 Å². The number of Topliss-reactive ketones (excluding diaryl/α,β-unsaturated/α-hetero) is 1. The van der Waals surface area contributed by atoms with Crippen LogP contribution in [-0.2, 0) is 14.3 Å². The zero-order valence-electron chi connectivity index (χ0n) is 27.2. The lowest BCUT2D eigenvalue weighted by atomic mass is 9.92. The van der Waals surface area contributed by atoms with Crippen LogP contribution in [0.3, 0.4) is 0 Å². The number of amides is 1. The number of benzene rings is 5. The van der Waals surface area contributed by atoms with Gasteiger partial charge in [-0.05, 0) is 64.7 Å². The van der Waals surface area contributed by atoms with Gasteiger partial charge >= 0.3 is 5.97 Å². The Morgan fingerprint density at radius 1 is 0.755 bits per heavy atom. The van der Waals surface area contributed by atoms with E-state index in [1.54, 1.807) is 24.3 Å². The van der Waals surface area contributed by atoms with E-state index < -0.39 is 11.9 Å². The summed E-state index contributed by atoms with van der Waals surface area (Å²) in [5.74, 6) is -0.230. The van der Waals surface area contributed by atoms with E-state index >= 15 is 0 Å². The van der Waals surface area contributed by atoms with Gasteiger partial charge in [0.1, 0.15) is 31.3 Å². The van der Waals surface area contributed by atoms with Gasteiger partial charge in [0.15, 0.2) is 5.78 Å². The number of hydrogen-bond acceptors (Lipinski definition) is 6. The molecule has 0 saturated carbocycles. The van der Waals surface area contributed by atoms with Crippen molar-refractivity contribution in [3.63, 3.8) is 0 Å². The highest BCUT2D eigenvalue weighted by atomic mass is 35.5. The molecule has 0 aliphatic heterocycles. The average Bonchev–Trinajstić information content (AvgIpc) is 3.13. The van der Waals surface area contributed by atoms with Crippen molar-refractivity contribution in [2.45, 2.75) is 19.3 Å². The Morgan fingerprint density at radius 2 is 1.39 bits per heavy atom. The van der Waals surface area contributed by atoms with E-state index in [2.05, 4.69) is 18.5 Å². The fourth-order valence-corrected chi connectivity index (χ4v) is 5.89. The zero-order valence-corrected chi connectivity index (χ0v) is 27.9. The van der Waals surface area contributed by atoms with Crippen molar-refractivity contribution in [2.24, 2.45) is 5.92 Å². The number of ether oxygens (including phenoxy) is 3. The summed E-state index contributed by atoms with van der Waals surface area (Å²) in [7, 11) is 0. The second kappa shape index (κ2) is 17.1. The normalized spacial score (nSPS) is 11.4. The highest BCUT2D eigenvalue weighted by Gasteiger charge is 2.24. The molecule has 0 bridgehead atoms. The molecule has 0 heterocycles. The number of esters is 1. The molecule has 0 unspecified atom stereocenters. The van der Waals surface area contributed by atoms with Crippen LogP contribution in [-0.4, -0.2) is 43.4 Å². The minimum atomic E-state index is -0.653. The van der Waals surface area contributed by atoms with Gasteiger partial charge in [-0.15, -0.1) is 11.6 Å². The van der Waals surface area contributed by atoms with Crippen molar-refractivity contribution in [2.75, 3.05) is 31.0 Å². The third kappa shape index (κ3) is 8.75. The average molecular weight is 676 g/mol. The van der Waals surface area contributed by atoms with E-state index in [1.807, 2.05) is 72.8 Å². The van der Waals surface area contributed by atoms with Crippen molar-refractivity contribution in [1.82, 2.24) is 0 Å². The van der Waals surface area contributed by atoms with Gasteiger partial charge in [-0.3, -0.25) is 9.59 Å². The Morgan fingerprint density at radius 3 is 2.02 bits per heavy atom. The summed E-state index contributed by atoms with van der Waals surface area (Å²) in [6.45, 7) is 7.51. The van der Waals surface area contributed by atoms with Crippen molar-refractivity contribution in [3.05, 3.63) is 128 Å². The first kappa shape index (κ1) is 34.9. The summed E-state index contributed by atoms with van der Waals surface area (Å²) < 4.78 is 17.6. The Balaban J connectivity index is 1.40. The van der Waals surface area contributed by atoms with Crippen molar-refractivity contribution in [1.29, 1.82) is 0 Å². The quantitative estimate of drug-likeness (QED) is 0.0600. The second-order valence-corrected chi connectivity index (χ2v) is 11.8. The number of carbonyl (C=O) groups excluding carboxylic acids is 3. The molecule has 250 valence electrons. The number of ketones is 1. The molecule has 0 aliphatic carbocycles. The number of rotatable bonds is 17. The number of halogens is 1. The predicted molar refractivity (Wildman–Crippen MR) is 197 cm³/mol. The molecule has 0 fully saturated rings. The van der Waals surface area contributed by atoms with Crippen LogP contribution in [0.2, 0.25) is 0 Å². The first-order valence-corrected chi connectivity index (χ1v) is 16.6. The summed E-state index contributed by atoms with van der Waals surface area (Å²) in [4.78, 5) is 39.2. The molecule has 5 aromatic carbocycles. The predicted octanol–water partition coefficient (Wildman–Crippen LogP) is 9.18. The maximum atomic E-state index is 13.5. The van der Waals surface area contributed by atoms with Crippen LogP contribution in [0.15, 0.2) is 122 Å². The van der Waals surface area contributed by atoms with E-state index in [0.29, 0.717) is 42.5 Å². The van der Waals surface area contributed by atoms with Gasteiger partial charge in [-0.25, -0.2) is 4.79 Å². The van der Waals surface area contributed by atoms with E-state index in [9.17, 15) is 14.4 Å². The molecule has 0 radical (unpaired) electrons. The lowest BCUT2D eigenvalue weighted by Gasteiger charge is -2.20. The van der Waals surface area contributed by atoms with Crippen LogP contribution in [0.5, 0.6) is 11.5 Å². The van der Waals surface area contributed by atoms with Crippen LogP contribution in [0.25, 0.3) is 32.7 Å². The van der Waals surface area contributed by atoms with Gasteiger partial charge in [0.25, 0.3) is 0 Å². The lowest BCUT2D eigenvalue weighted by molar-refractivity contribution is -0.127. The number of nitrogens with one attached hydrogen (secondary N) is 1. The standard InChI is InChI=1S/C41H38ClNO6/c1-3-23-47-36-20-18-28-11-5-7-16-34(28)38(36)39-35-17-8-6-12-29(35)19-21-37(39)49-27-33(44)26-30(14-10-22-42)40(45)43-32-15-9-13-31(25-32)41(46)48-24-4-2/h3-9,11-13,15-21,25,30H,1-2,10,14,22-24,26-27H2,(H,43,45)/t30-/m0/s1. The lowest BCUT2D eigenvalue weighted by Crippen LogP contribution is -2.27. The number of carbonyl (C=O) groups is 3. The summed E-state index contributed by atoms with van der Waals surface area (Å²) in [6.07, 6.45) is 4.08. The van der Waals surface area contributed by atoms with E-state index in [0.717, 1.165) is 32.7 Å². The number of hydrogen-bond donors (Lipinski definition) is 1. The highest BCUT2D eigenvalue weighted by Crippen LogP contribution is 2.45. The van der Waals surface area contributed by atoms with Crippen molar-refractivity contribution >= 4 is 56.5 Å². The maximum absolute atomic E-state index is 13.5. The summed E-state index contributed by atoms with van der Waals surface area (Å²) in [6, 6.07) is 30.3. The number of alkyl halides is 1. The van der Waals surface area contributed by atoms with Crippen LogP contribution in [0, 0.1) is 5.92 Å². The van der Waals surface area contributed by atoms with Gasteiger partial charge in [-0.2, -0.15) is 0 Å². The maximum Gasteiger partial charge on any atom is 0.338 e. The Bertz CT molecular complexity index is 1990. The molecule has 5 rings (SSSR count). The van der Waals surface area contributed by atoms with Gasteiger partial charge < -0.3 is 19.5 Å². The highest BCUT2D eigenvalue weighted by molar-refractivity contribution is 6.17. The molecule has 0 aromatic heterocycles. The molecule has 1 atom stereocenters. The van der Waals surface area contributed by atoms with Gasteiger partial charge in [0.05, 0.1) is 5.56 Å². The minimum Gasteiger partial charge on any atom is -0.489 e. The zero-order chi connectivity index (χ0) is 34.6. The molecule has 1 amide bonds. The monoisotopic (exact) mass is 675 g/mol. The summed E-state index contributed by atoms with van der Waals surface area (Å²) in [5.41, 5.74) is 2.37. The van der Waals surface area contributed by atoms with Gasteiger partial charge in [-0.1, -0.05) is 92.0 Å². The Hall–Kier alpha value is -5.40. The molecular formula is C41H38ClNO6. The number of fused-ring (bicyclic) bond motifs is 2. The van der Waals surface area contributed by atoms with Crippen molar-refractivity contribution < 1.29 is 28.6 Å². The molecule has 0 spiro atoms. The molecule has 0 saturated heterocycles. The van der Waals surface area contributed by atoms with Crippen molar-refractivity contribution in [3.8, 4) is 22.6 Å². The summed E-state index contributed by atoms with van der Waals surface area (Å²) in [5, 5.41) is 6.82. The van der Waals surface area contributed by atoms with Crippen LogP contribution in [0.4, 0.5) is 5.69 Å². The SMILES string of the molecule is C=CCOC(=O)c1cccc(NC(=O)[C@@H](CCCCl)CC(=O)COc2ccc3ccccc3c2-c2c(OCC=C)ccc3ccccc23)c1. The van der Waals surface area contributed by atoms with Gasteiger partial charge in [0.2, 0.25) is 5.91 Å². The first-order valence-electron chi connectivity index (χ1n) is 16.1. The molecule has 5 aromatic rings. The second-order valence-electron chi connectivity index (χ2n) is 11.4. The Kier molecular flexibility index (Phi) is 12.2. The molecule has 7 nitrogen and oxygen atoms in total. The molecule has 8 heteroatoms. The van der Waals surface area contributed by atoms with E-state index in [-0.39, 0.29) is 36.9 Å². The first-order chi connectivity index (χ1) is 23.9. The van der Waals surface area contributed by atoms with Crippen LogP contribution >= 0.6 is 11.6 Å². The molecule has 1 N–H and O–H groups in total. The third-order valence-corrected chi connectivity index (χ3v) is 8.27. The largest absolute Gasteiger partial charge is 0.489 e. The van der Waals surface area contributed by atoms with Crippen LogP contribution < -0.4 is 14.8 Å². The van der Waals surface area contributed by atoms with E-state index in [4.69, 9.17) is 25.8 Å². The summed E-state index contributed by atoms with van der Waals surface area (Å²) >= 11 is 5.98. The fourth-order valence-electron chi connectivity index (χ4n) is 5.74. The number of anilines is 1. The molecular weight excluding hydrogens is 638 g/mol. The minimum absolute atomic E-state index is 0.0470. The van der Waals surface area contributed by atoms with Crippen LogP contribution in [0.1, 0.15) is 29.6 Å². The van der Waals surface area contributed by atoms with Gasteiger partial charge in [0, 0.05) is 35.0 Å². The van der Waals surface area contributed by atoms with E-state index in [1.165, 1.54) is 12.1 Å². The third-order valence-electron chi connectivity index (χ3n) is 8.01. The molecule has 49 heavy (non-hydrogen) atoms. The Labute approximate surface area is 291 Å². The fraction of sp³-hybridized carbons (Fsp3) is 0.195. The molecule has 0 aliphatic rings.